The molecule has 0 saturated carbocycles. The normalized spacial score (nSPS) is 15.6. The summed E-state index contributed by atoms with van der Waals surface area (Å²) in [5, 5.41) is 17.6. The Morgan fingerprint density at radius 3 is 1.65 bits per heavy atom. The smallest absolute Gasteiger partial charge is 0.427 e. The molecule has 0 bridgehead atoms. The topological polar surface area (TPSA) is 91.2 Å². The lowest BCUT2D eigenvalue weighted by Gasteiger charge is -2.28. The molecule has 0 amide bonds. The molecular weight excluding hydrogens is 501 g/mol. The molecule has 2 N–H and O–H groups in total. The SMILES string of the molecule is CCB(O)O.CCc1cc(Cl)cc(N2CCOCC2)n1.Clc1cc(Cl)nc(N2CCOCC2)c1. The van der Waals surface area contributed by atoms with Crippen LogP contribution in [-0.4, -0.2) is 79.7 Å². The summed E-state index contributed by atoms with van der Waals surface area (Å²) < 4.78 is 10.6. The number of aryl methyl sites for hydroxylation is 1. The van der Waals surface area contributed by atoms with E-state index in [1.54, 1.807) is 13.0 Å². The summed E-state index contributed by atoms with van der Waals surface area (Å²) in [7, 11) is -1.12. The van der Waals surface area contributed by atoms with E-state index in [-0.39, 0.29) is 0 Å². The Balaban J connectivity index is 0.000000202. The van der Waals surface area contributed by atoms with Gasteiger partial charge in [0.25, 0.3) is 0 Å². The molecule has 2 aromatic heterocycles. The quantitative estimate of drug-likeness (QED) is 0.453. The van der Waals surface area contributed by atoms with Crippen LogP contribution in [0.2, 0.25) is 21.5 Å². The maximum absolute atomic E-state index is 7.92. The van der Waals surface area contributed by atoms with E-state index in [2.05, 4.69) is 26.7 Å². The van der Waals surface area contributed by atoms with Gasteiger partial charge in [-0.1, -0.05) is 48.7 Å². The molecule has 2 aliphatic rings. The molecule has 0 unspecified atom stereocenters. The van der Waals surface area contributed by atoms with Crippen LogP contribution >= 0.6 is 34.8 Å². The van der Waals surface area contributed by atoms with Gasteiger partial charge in [0, 0.05) is 41.9 Å². The first kappa shape index (κ1) is 28.9. The van der Waals surface area contributed by atoms with E-state index in [4.69, 9.17) is 54.3 Å². The van der Waals surface area contributed by atoms with E-state index in [1.807, 2.05) is 18.2 Å². The van der Waals surface area contributed by atoms with Crippen LogP contribution in [0.3, 0.4) is 0 Å². The molecule has 0 aliphatic carbocycles. The van der Waals surface area contributed by atoms with E-state index in [0.717, 1.165) is 81.4 Å². The minimum absolute atomic E-state index is 0.417. The number of ether oxygens (including phenoxy) is 2. The van der Waals surface area contributed by atoms with Crippen LogP contribution in [0.25, 0.3) is 0 Å². The van der Waals surface area contributed by atoms with Gasteiger partial charge < -0.3 is 29.3 Å². The predicted octanol–water partition coefficient (Wildman–Crippen LogP) is 3.84. The molecule has 2 fully saturated rings. The van der Waals surface area contributed by atoms with Crippen molar-refractivity contribution in [3.8, 4) is 0 Å². The maximum Gasteiger partial charge on any atom is 0.451 e. The molecule has 2 aliphatic heterocycles. The van der Waals surface area contributed by atoms with Crippen LogP contribution < -0.4 is 9.80 Å². The lowest BCUT2D eigenvalue weighted by Crippen LogP contribution is -2.36. The molecule has 4 heterocycles. The molecule has 12 heteroatoms. The minimum Gasteiger partial charge on any atom is -0.427 e. The monoisotopic (exact) mass is 532 g/mol. The second-order valence-corrected chi connectivity index (χ2v) is 8.80. The molecule has 8 nitrogen and oxygen atoms in total. The van der Waals surface area contributed by atoms with Gasteiger partial charge in [0.05, 0.1) is 26.4 Å². The average Bonchev–Trinajstić information content (AvgIpc) is 2.85. The van der Waals surface area contributed by atoms with Crippen molar-refractivity contribution in [3.63, 3.8) is 0 Å². The molecule has 0 spiro atoms. The molecular formula is C22H32BCl3N4O4. The Labute approximate surface area is 216 Å². The van der Waals surface area contributed by atoms with Crippen molar-refractivity contribution in [2.45, 2.75) is 26.6 Å². The van der Waals surface area contributed by atoms with Crippen LogP contribution in [0, 0.1) is 0 Å². The maximum atomic E-state index is 7.92. The Bertz CT molecular complexity index is 850. The summed E-state index contributed by atoms with van der Waals surface area (Å²) in [6.07, 6.45) is 1.33. The molecule has 2 aromatic rings. The Kier molecular flexibility index (Phi) is 13.3. The number of morpholine rings is 2. The van der Waals surface area contributed by atoms with Crippen LogP contribution in [0.4, 0.5) is 11.6 Å². The Morgan fingerprint density at radius 2 is 1.24 bits per heavy atom. The summed E-state index contributed by atoms with van der Waals surface area (Å²) in [6.45, 7) is 10.3. The minimum atomic E-state index is -1.12. The largest absolute Gasteiger partial charge is 0.451 e. The number of halogens is 3. The number of rotatable bonds is 4. The summed E-state index contributed by atoms with van der Waals surface area (Å²) in [4.78, 5) is 13.1. The van der Waals surface area contributed by atoms with Crippen LogP contribution in [0.5, 0.6) is 0 Å². The van der Waals surface area contributed by atoms with Crippen molar-refractivity contribution in [1.29, 1.82) is 0 Å². The number of nitrogens with zero attached hydrogens (tertiary/aromatic N) is 4. The van der Waals surface area contributed by atoms with Gasteiger partial charge in [-0.15, -0.1) is 0 Å². The summed E-state index contributed by atoms with van der Waals surface area (Å²) >= 11 is 17.8. The van der Waals surface area contributed by atoms with E-state index >= 15 is 0 Å². The fraction of sp³-hybridized carbons (Fsp3) is 0.545. The highest BCUT2D eigenvalue weighted by Gasteiger charge is 2.14. The number of hydrogen-bond donors (Lipinski definition) is 2. The molecule has 34 heavy (non-hydrogen) atoms. The third kappa shape index (κ3) is 10.5. The van der Waals surface area contributed by atoms with E-state index in [1.165, 1.54) is 0 Å². The van der Waals surface area contributed by atoms with Gasteiger partial charge in [0.1, 0.15) is 16.8 Å². The van der Waals surface area contributed by atoms with E-state index in [9.17, 15) is 0 Å². The second kappa shape index (κ2) is 15.6. The fourth-order valence-corrected chi connectivity index (χ4v) is 3.76. The number of pyridine rings is 2. The summed E-state index contributed by atoms with van der Waals surface area (Å²) in [5.74, 6) is 1.80. The van der Waals surface area contributed by atoms with Gasteiger partial charge in [0.15, 0.2) is 0 Å². The highest BCUT2D eigenvalue weighted by Crippen LogP contribution is 2.22. The number of anilines is 2. The van der Waals surface area contributed by atoms with Crippen molar-refractivity contribution < 1.29 is 19.5 Å². The van der Waals surface area contributed by atoms with Gasteiger partial charge in [0.2, 0.25) is 0 Å². The zero-order valence-corrected chi connectivity index (χ0v) is 21.9. The van der Waals surface area contributed by atoms with Crippen LogP contribution in [-0.2, 0) is 15.9 Å². The van der Waals surface area contributed by atoms with Gasteiger partial charge in [-0.3, -0.25) is 0 Å². The molecule has 188 valence electrons. The van der Waals surface area contributed by atoms with Crippen LogP contribution in [0.15, 0.2) is 24.3 Å². The first-order valence-electron chi connectivity index (χ1n) is 11.3. The standard InChI is InChI=1S/C11H15ClN2O.C9H10Cl2N2O.C2H7BO2/c1-2-10-7-9(12)8-11(13-10)14-3-5-15-6-4-14;10-7-5-8(11)12-9(6-7)13-1-3-14-4-2-13;1-2-3(4)5/h7-8H,2-6H2,1H3;5-6H,1-4H2;4-5H,2H2,1H3. The highest BCUT2D eigenvalue weighted by molar-refractivity contribution is 6.40. The van der Waals surface area contributed by atoms with Gasteiger partial charge in [-0.2, -0.15) is 0 Å². The van der Waals surface area contributed by atoms with Crippen molar-refractivity contribution in [2.24, 2.45) is 0 Å². The fourth-order valence-electron chi connectivity index (χ4n) is 3.08. The average molecular weight is 534 g/mol. The first-order chi connectivity index (χ1) is 16.3. The van der Waals surface area contributed by atoms with Crippen molar-refractivity contribution in [1.82, 2.24) is 9.97 Å². The Morgan fingerprint density at radius 1 is 0.794 bits per heavy atom. The summed E-state index contributed by atoms with van der Waals surface area (Å²) in [5.41, 5.74) is 1.05. The highest BCUT2D eigenvalue weighted by atomic mass is 35.5. The zero-order chi connectivity index (χ0) is 24.9. The van der Waals surface area contributed by atoms with Crippen molar-refractivity contribution >= 4 is 53.6 Å². The predicted molar refractivity (Wildman–Crippen MR) is 140 cm³/mol. The molecule has 0 aromatic carbocycles. The second-order valence-electron chi connectivity index (χ2n) is 7.54. The molecule has 4 rings (SSSR count). The molecule has 0 radical (unpaired) electrons. The van der Waals surface area contributed by atoms with Crippen LogP contribution in [0.1, 0.15) is 19.5 Å². The summed E-state index contributed by atoms with van der Waals surface area (Å²) in [6, 6.07) is 7.29. The van der Waals surface area contributed by atoms with Crippen molar-refractivity contribution in [2.75, 3.05) is 62.4 Å². The lowest BCUT2D eigenvalue weighted by molar-refractivity contribution is 0.122. The van der Waals surface area contributed by atoms with E-state index in [0.29, 0.717) is 16.5 Å². The van der Waals surface area contributed by atoms with E-state index < -0.39 is 7.12 Å². The third-order valence-corrected chi connectivity index (χ3v) is 5.60. The van der Waals surface area contributed by atoms with Gasteiger partial charge in [-0.25, -0.2) is 9.97 Å². The van der Waals surface area contributed by atoms with Crippen molar-refractivity contribution in [3.05, 3.63) is 45.2 Å². The lowest BCUT2D eigenvalue weighted by atomic mass is 9.88. The third-order valence-electron chi connectivity index (χ3n) is 4.97. The van der Waals surface area contributed by atoms with Gasteiger partial charge >= 0.3 is 7.12 Å². The first-order valence-corrected chi connectivity index (χ1v) is 12.5. The Hall–Kier alpha value is -1.33. The number of hydrogen-bond acceptors (Lipinski definition) is 8. The zero-order valence-electron chi connectivity index (χ0n) is 19.6. The number of aromatic nitrogens is 2. The molecule has 0 atom stereocenters. The van der Waals surface area contributed by atoms with Gasteiger partial charge in [-0.05, 0) is 37.0 Å². The molecule has 2 saturated heterocycles.